The monoisotopic (exact) mass is 212 g/mol. The Morgan fingerprint density at radius 3 is 2.81 bits per heavy atom. The van der Waals surface area contributed by atoms with Gasteiger partial charge in [-0.3, -0.25) is 9.79 Å². The number of para-hydroxylation sites is 1. The molecule has 3 heteroatoms. The van der Waals surface area contributed by atoms with E-state index in [4.69, 9.17) is 0 Å². The Labute approximate surface area is 93.2 Å². The lowest BCUT2D eigenvalue weighted by Gasteiger charge is -2.22. The molecule has 0 unspecified atom stereocenters. The molecule has 3 nitrogen and oxygen atoms in total. The van der Waals surface area contributed by atoms with Gasteiger partial charge in [-0.2, -0.15) is 0 Å². The first-order valence-corrected chi connectivity index (χ1v) is 5.30. The lowest BCUT2D eigenvalue weighted by atomic mass is 9.92. The fourth-order valence-corrected chi connectivity index (χ4v) is 2.21. The Balaban J connectivity index is 2.44. The second kappa shape index (κ2) is 2.82. The van der Waals surface area contributed by atoms with Crippen molar-refractivity contribution in [1.82, 2.24) is 4.98 Å². The molecule has 0 bridgehead atoms. The molecule has 0 fully saturated rings. The van der Waals surface area contributed by atoms with Gasteiger partial charge >= 0.3 is 0 Å². The fraction of sp³-hybridized carbons (Fsp3) is 0.231. The van der Waals surface area contributed by atoms with Crippen molar-refractivity contribution in [3.8, 4) is 0 Å². The van der Waals surface area contributed by atoms with Gasteiger partial charge in [-0.25, -0.2) is 0 Å². The smallest absolute Gasteiger partial charge is 0.206 e. The fourth-order valence-electron chi connectivity index (χ4n) is 2.21. The number of benzene rings is 1. The zero-order chi connectivity index (χ0) is 11.3. The van der Waals surface area contributed by atoms with Crippen LogP contribution in [0.1, 0.15) is 29.9 Å². The van der Waals surface area contributed by atoms with E-state index in [-0.39, 0.29) is 11.3 Å². The Kier molecular flexibility index (Phi) is 1.64. The van der Waals surface area contributed by atoms with Crippen LogP contribution >= 0.6 is 0 Å². The predicted octanol–water partition coefficient (Wildman–Crippen LogP) is 2.67. The van der Waals surface area contributed by atoms with Gasteiger partial charge in [0.2, 0.25) is 5.78 Å². The number of nitrogens with zero attached hydrogens (tertiary/aromatic N) is 1. The highest BCUT2D eigenvalue weighted by Crippen LogP contribution is 2.34. The summed E-state index contributed by atoms with van der Waals surface area (Å²) in [6.45, 7) is 4.01. The number of H-pyrrole nitrogens is 1. The molecule has 80 valence electrons. The number of aromatic amines is 1. The van der Waals surface area contributed by atoms with E-state index in [9.17, 15) is 4.79 Å². The highest BCUT2D eigenvalue weighted by Gasteiger charge is 2.32. The summed E-state index contributed by atoms with van der Waals surface area (Å²) in [5.74, 6) is -0.00762. The molecule has 1 aromatic carbocycles. The first-order valence-electron chi connectivity index (χ1n) is 5.30. The molecule has 3 rings (SSSR count). The molecule has 2 aromatic rings. The molecular formula is C13H12N2O. The third-order valence-corrected chi connectivity index (χ3v) is 3.07. The molecule has 2 heterocycles. The van der Waals surface area contributed by atoms with Gasteiger partial charge in [0.05, 0.1) is 23.0 Å². The molecular weight excluding hydrogens is 200 g/mol. The lowest BCUT2D eigenvalue weighted by molar-refractivity contribution is 0.106. The average Bonchev–Trinajstić information content (AvgIpc) is 2.65. The summed E-state index contributed by atoms with van der Waals surface area (Å²) in [5.41, 5.74) is 2.35. The van der Waals surface area contributed by atoms with Gasteiger partial charge in [-0.1, -0.05) is 18.2 Å². The average molecular weight is 212 g/mol. The number of carbonyl (C=O) groups is 1. The molecule has 0 saturated carbocycles. The summed E-state index contributed by atoms with van der Waals surface area (Å²) < 4.78 is 0. The molecule has 0 radical (unpaired) electrons. The van der Waals surface area contributed by atoms with E-state index >= 15 is 0 Å². The van der Waals surface area contributed by atoms with Gasteiger partial charge in [-0.15, -0.1) is 0 Å². The summed E-state index contributed by atoms with van der Waals surface area (Å²) >= 11 is 0. The van der Waals surface area contributed by atoms with Crippen LogP contribution in [0.5, 0.6) is 0 Å². The highest BCUT2D eigenvalue weighted by atomic mass is 16.1. The maximum absolute atomic E-state index is 11.9. The largest absolute Gasteiger partial charge is 0.356 e. The van der Waals surface area contributed by atoms with E-state index in [1.807, 2.05) is 38.1 Å². The summed E-state index contributed by atoms with van der Waals surface area (Å²) in [6.07, 6.45) is 1.43. The second-order valence-corrected chi connectivity index (χ2v) is 4.60. The Hall–Kier alpha value is -1.90. The van der Waals surface area contributed by atoms with Gasteiger partial charge in [0.1, 0.15) is 0 Å². The Bertz CT molecular complexity index is 620. The number of carbonyl (C=O) groups excluding carboxylic acids is 1. The van der Waals surface area contributed by atoms with Gasteiger partial charge in [0.15, 0.2) is 0 Å². The molecule has 0 atom stereocenters. The predicted molar refractivity (Wildman–Crippen MR) is 64.1 cm³/mol. The third kappa shape index (κ3) is 1.08. The van der Waals surface area contributed by atoms with Crippen LogP contribution in [0.25, 0.3) is 10.9 Å². The van der Waals surface area contributed by atoms with E-state index in [1.54, 1.807) is 0 Å². The molecule has 0 amide bonds. The van der Waals surface area contributed by atoms with Crippen LogP contribution in [0.4, 0.5) is 0 Å². The minimum Gasteiger partial charge on any atom is -0.356 e. The minimum absolute atomic E-state index is 0.00762. The minimum atomic E-state index is -0.345. The van der Waals surface area contributed by atoms with Crippen molar-refractivity contribution < 1.29 is 4.79 Å². The van der Waals surface area contributed by atoms with Crippen molar-refractivity contribution in [2.75, 3.05) is 0 Å². The van der Waals surface area contributed by atoms with E-state index in [0.29, 0.717) is 0 Å². The Morgan fingerprint density at radius 1 is 1.25 bits per heavy atom. The maximum atomic E-state index is 11.9. The number of hydrogen-bond donors (Lipinski definition) is 1. The molecule has 0 aliphatic carbocycles. The van der Waals surface area contributed by atoms with E-state index in [0.717, 1.165) is 22.2 Å². The van der Waals surface area contributed by atoms with Gasteiger partial charge < -0.3 is 4.98 Å². The standard InChI is InChI=1S/C13H12N2O/c1-13(2)12-11(10(16)7-14-13)8-5-3-4-6-9(8)15-12/h3-7,15H,1-2H3. The van der Waals surface area contributed by atoms with Crippen molar-refractivity contribution in [2.45, 2.75) is 19.4 Å². The van der Waals surface area contributed by atoms with Crippen LogP contribution in [0.2, 0.25) is 0 Å². The Morgan fingerprint density at radius 2 is 2.00 bits per heavy atom. The van der Waals surface area contributed by atoms with E-state index in [1.165, 1.54) is 6.21 Å². The van der Waals surface area contributed by atoms with Crippen molar-refractivity contribution in [3.63, 3.8) is 0 Å². The maximum Gasteiger partial charge on any atom is 0.206 e. The third-order valence-electron chi connectivity index (χ3n) is 3.07. The molecule has 0 spiro atoms. The number of rotatable bonds is 0. The topological polar surface area (TPSA) is 45.2 Å². The number of aromatic nitrogens is 1. The molecule has 1 N–H and O–H groups in total. The molecule has 1 aromatic heterocycles. The lowest BCUT2D eigenvalue weighted by Crippen LogP contribution is -2.24. The number of ketones is 1. The molecule has 16 heavy (non-hydrogen) atoms. The summed E-state index contributed by atoms with van der Waals surface area (Å²) in [5, 5.41) is 0.988. The summed E-state index contributed by atoms with van der Waals surface area (Å²) in [7, 11) is 0. The summed E-state index contributed by atoms with van der Waals surface area (Å²) in [6, 6.07) is 7.86. The number of fused-ring (bicyclic) bond motifs is 3. The molecule has 0 saturated heterocycles. The number of hydrogen-bond acceptors (Lipinski definition) is 2. The van der Waals surface area contributed by atoms with Crippen LogP contribution in [0, 0.1) is 0 Å². The van der Waals surface area contributed by atoms with Crippen molar-refractivity contribution in [1.29, 1.82) is 0 Å². The van der Waals surface area contributed by atoms with Gasteiger partial charge in [0.25, 0.3) is 0 Å². The van der Waals surface area contributed by atoms with Gasteiger partial charge in [0, 0.05) is 10.9 Å². The van der Waals surface area contributed by atoms with E-state index in [2.05, 4.69) is 9.98 Å². The van der Waals surface area contributed by atoms with Crippen LogP contribution < -0.4 is 0 Å². The van der Waals surface area contributed by atoms with Gasteiger partial charge in [-0.05, 0) is 19.9 Å². The van der Waals surface area contributed by atoms with Crippen molar-refractivity contribution >= 4 is 22.9 Å². The molecule has 1 aliphatic rings. The van der Waals surface area contributed by atoms with Crippen molar-refractivity contribution in [3.05, 3.63) is 35.5 Å². The second-order valence-electron chi connectivity index (χ2n) is 4.60. The SMILES string of the molecule is CC1(C)N=CC(=O)c2c1[nH]c1ccccc21. The summed E-state index contributed by atoms with van der Waals surface area (Å²) in [4.78, 5) is 19.5. The zero-order valence-corrected chi connectivity index (χ0v) is 9.24. The van der Waals surface area contributed by atoms with Crippen LogP contribution in [-0.4, -0.2) is 17.0 Å². The van der Waals surface area contributed by atoms with Crippen molar-refractivity contribution in [2.24, 2.45) is 4.99 Å². The first kappa shape index (κ1) is 9.33. The van der Waals surface area contributed by atoms with Crippen LogP contribution in [-0.2, 0) is 5.54 Å². The number of Topliss-reactive ketones (excluding diaryl/α,β-unsaturated/α-hetero) is 1. The first-order chi connectivity index (χ1) is 7.59. The molecule has 1 aliphatic heterocycles. The normalized spacial score (nSPS) is 17.8. The number of nitrogens with one attached hydrogen (secondary N) is 1. The highest BCUT2D eigenvalue weighted by molar-refractivity contribution is 6.39. The zero-order valence-electron chi connectivity index (χ0n) is 9.24. The number of aliphatic imine (C=N–C) groups is 1. The quantitative estimate of drug-likeness (QED) is 0.717. The van der Waals surface area contributed by atoms with Crippen LogP contribution in [0.3, 0.4) is 0 Å². The van der Waals surface area contributed by atoms with Crippen LogP contribution in [0.15, 0.2) is 29.3 Å². The van der Waals surface area contributed by atoms with E-state index < -0.39 is 0 Å².